The van der Waals surface area contributed by atoms with Crippen molar-refractivity contribution in [3.63, 3.8) is 0 Å². The van der Waals surface area contributed by atoms with E-state index in [0.717, 1.165) is 22.7 Å². The average Bonchev–Trinajstić information content (AvgIpc) is 3.20. The van der Waals surface area contributed by atoms with Crippen molar-refractivity contribution in [2.75, 3.05) is 12.4 Å². The smallest absolute Gasteiger partial charge is 0.259 e. The van der Waals surface area contributed by atoms with Crippen LogP contribution in [0.3, 0.4) is 0 Å². The molecule has 2 heterocycles. The van der Waals surface area contributed by atoms with E-state index in [4.69, 9.17) is 9.26 Å². The Morgan fingerprint density at radius 2 is 1.77 bits per heavy atom. The van der Waals surface area contributed by atoms with E-state index in [1.165, 1.54) is 32.1 Å². The summed E-state index contributed by atoms with van der Waals surface area (Å²) in [5.41, 5.74) is 1.69. The van der Waals surface area contributed by atoms with Crippen molar-refractivity contribution in [1.82, 2.24) is 15.1 Å². The molecule has 3 aromatic rings. The number of hydrogen-bond acceptors (Lipinski definition) is 6. The zero-order valence-corrected chi connectivity index (χ0v) is 14.8. The minimum atomic E-state index is 0.465. The third-order valence-electron chi connectivity index (χ3n) is 4.74. The number of pyridine rings is 1. The standard InChI is InChI=1S/C20H22N4O2/c1-25-17-10-7-14(8-11-17)19-23-20(26-24-19)15-9-12-18(21-13-15)22-16-5-3-2-4-6-16/h7-13,16H,2-6H2,1H3,(H,21,22). The molecule has 0 unspecified atom stereocenters. The summed E-state index contributed by atoms with van der Waals surface area (Å²) in [6.07, 6.45) is 8.16. The van der Waals surface area contributed by atoms with E-state index in [1.807, 2.05) is 36.4 Å². The number of methoxy groups -OCH3 is 1. The highest BCUT2D eigenvalue weighted by molar-refractivity contribution is 5.60. The fourth-order valence-corrected chi connectivity index (χ4v) is 3.26. The number of ether oxygens (including phenoxy) is 1. The molecule has 2 aromatic heterocycles. The molecule has 1 aliphatic rings. The minimum Gasteiger partial charge on any atom is -0.497 e. The second-order valence-corrected chi connectivity index (χ2v) is 6.56. The van der Waals surface area contributed by atoms with Crippen LogP contribution in [-0.2, 0) is 0 Å². The number of nitrogens with one attached hydrogen (secondary N) is 1. The Balaban J connectivity index is 1.46. The number of aromatic nitrogens is 3. The lowest BCUT2D eigenvalue weighted by molar-refractivity contribution is 0.415. The van der Waals surface area contributed by atoms with Gasteiger partial charge < -0.3 is 14.6 Å². The molecule has 0 radical (unpaired) electrons. The predicted octanol–water partition coefficient (Wildman–Crippen LogP) is 4.55. The lowest BCUT2D eigenvalue weighted by Gasteiger charge is -2.23. The molecule has 1 aliphatic carbocycles. The van der Waals surface area contributed by atoms with Gasteiger partial charge in [-0.1, -0.05) is 24.4 Å². The van der Waals surface area contributed by atoms with Gasteiger partial charge in [0.2, 0.25) is 5.82 Å². The highest BCUT2D eigenvalue weighted by atomic mass is 16.5. The Morgan fingerprint density at radius 3 is 2.46 bits per heavy atom. The Bertz CT molecular complexity index is 837. The molecule has 0 atom stereocenters. The molecule has 1 N–H and O–H groups in total. The van der Waals surface area contributed by atoms with Crippen molar-refractivity contribution < 1.29 is 9.26 Å². The second kappa shape index (κ2) is 7.56. The van der Waals surface area contributed by atoms with Crippen LogP contribution in [0.2, 0.25) is 0 Å². The van der Waals surface area contributed by atoms with Crippen LogP contribution >= 0.6 is 0 Å². The molecule has 1 aromatic carbocycles. The SMILES string of the molecule is COc1ccc(-c2noc(-c3ccc(NC4CCCCC4)nc3)n2)cc1. The van der Waals surface area contributed by atoms with E-state index in [9.17, 15) is 0 Å². The summed E-state index contributed by atoms with van der Waals surface area (Å²) >= 11 is 0. The van der Waals surface area contributed by atoms with Crippen LogP contribution in [-0.4, -0.2) is 28.3 Å². The monoisotopic (exact) mass is 350 g/mol. The summed E-state index contributed by atoms with van der Waals surface area (Å²) in [4.78, 5) is 8.97. The van der Waals surface area contributed by atoms with E-state index in [-0.39, 0.29) is 0 Å². The van der Waals surface area contributed by atoms with Gasteiger partial charge in [-0.15, -0.1) is 0 Å². The first-order chi connectivity index (χ1) is 12.8. The first kappa shape index (κ1) is 16.6. The molecule has 26 heavy (non-hydrogen) atoms. The highest BCUT2D eigenvalue weighted by Gasteiger charge is 2.14. The molecule has 1 saturated carbocycles. The van der Waals surface area contributed by atoms with E-state index in [2.05, 4.69) is 20.4 Å². The summed E-state index contributed by atoms with van der Waals surface area (Å²) in [5, 5.41) is 7.58. The van der Waals surface area contributed by atoms with Crippen LogP contribution in [0.15, 0.2) is 47.1 Å². The normalized spacial score (nSPS) is 15.0. The number of hydrogen-bond donors (Lipinski definition) is 1. The fourth-order valence-electron chi connectivity index (χ4n) is 3.26. The van der Waals surface area contributed by atoms with Gasteiger partial charge in [0.25, 0.3) is 5.89 Å². The van der Waals surface area contributed by atoms with Crippen LogP contribution in [0.5, 0.6) is 5.75 Å². The van der Waals surface area contributed by atoms with Gasteiger partial charge in [-0.2, -0.15) is 4.98 Å². The van der Waals surface area contributed by atoms with Crippen LogP contribution in [0.4, 0.5) is 5.82 Å². The third-order valence-corrected chi connectivity index (χ3v) is 4.74. The van der Waals surface area contributed by atoms with Crippen LogP contribution in [0, 0.1) is 0 Å². The van der Waals surface area contributed by atoms with Gasteiger partial charge in [-0.3, -0.25) is 0 Å². The van der Waals surface area contributed by atoms with Crippen molar-refractivity contribution in [1.29, 1.82) is 0 Å². The first-order valence-corrected chi connectivity index (χ1v) is 9.03. The largest absolute Gasteiger partial charge is 0.497 e. The Labute approximate surface area is 152 Å². The topological polar surface area (TPSA) is 73.1 Å². The van der Waals surface area contributed by atoms with Crippen molar-refractivity contribution in [2.24, 2.45) is 0 Å². The fraction of sp³-hybridized carbons (Fsp3) is 0.350. The Kier molecular flexibility index (Phi) is 4.82. The summed E-state index contributed by atoms with van der Waals surface area (Å²) in [7, 11) is 1.64. The quantitative estimate of drug-likeness (QED) is 0.727. The molecule has 4 rings (SSSR count). The van der Waals surface area contributed by atoms with Gasteiger partial charge in [0.05, 0.1) is 12.7 Å². The molecular weight excluding hydrogens is 328 g/mol. The summed E-state index contributed by atoms with van der Waals surface area (Å²) in [6, 6.07) is 12.0. The maximum absolute atomic E-state index is 5.40. The van der Waals surface area contributed by atoms with Crippen molar-refractivity contribution in [3.8, 4) is 28.6 Å². The Morgan fingerprint density at radius 1 is 1.00 bits per heavy atom. The van der Waals surface area contributed by atoms with Crippen molar-refractivity contribution in [2.45, 2.75) is 38.1 Å². The van der Waals surface area contributed by atoms with E-state index < -0.39 is 0 Å². The maximum atomic E-state index is 5.40. The van der Waals surface area contributed by atoms with E-state index in [1.54, 1.807) is 13.3 Å². The molecule has 0 saturated heterocycles. The predicted molar refractivity (Wildman–Crippen MR) is 100 cm³/mol. The molecule has 6 heteroatoms. The number of anilines is 1. The minimum absolute atomic E-state index is 0.465. The molecule has 1 fully saturated rings. The Hall–Kier alpha value is -2.89. The van der Waals surface area contributed by atoms with Crippen LogP contribution in [0.25, 0.3) is 22.8 Å². The lowest BCUT2D eigenvalue weighted by Crippen LogP contribution is -2.22. The molecule has 0 aliphatic heterocycles. The van der Waals surface area contributed by atoms with Crippen molar-refractivity contribution >= 4 is 5.82 Å². The van der Waals surface area contributed by atoms with E-state index in [0.29, 0.717) is 17.8 Å². The van der Waals surface area contributed by atoms with Gasteiger partial charge in [0.15, 0.2) is 0 Å². The van der Waals surface area contributed by atoms with Crippen LogP contribution < -0.4 is 10.1 Å². The third kappa shape index (κ3) is 3.69. The van der Waals surface area contributed by atoms with Crippen molar-refractivity contribution in [3.05, 3.63) is 42.6 Å². The van der Waals surface area contributed by atoms with Gasteiger partial charge in [0, 0.05) is 17.8 Å². The highest BCUT2D eigenvalue weighted by Crippen LogP contribution is 2.25. The number of benzene rings is 1. The van der Waals surface area contributed by atoms with Crippen LogP contribution in [0.1, 0.15) is 32.1 Å². The zero-order valence-electron chi connectivity index (χ0n) is 14.8. The molecule has 134 valence electrons. The molecule has 0 amide bonds. The van der Waals surface area contributed by atoms with Gasteiger partial charge in [-0.25, -0.2) is 4.98 Å². The second-order valence-electron chi connectivity index (χ2n) is 6.56. The molecular formula is C20H22N4O2. The van der Waals surface area contributed by atoms with Gasteiger partial charge in [-0.05, 0) is 49.2 Å². The van der Waals surface area contributed by atoms with E-state index >= 15 is 0 Å². The number of rotatable bonds is 5. The number of nitrogens with zero attached hydrogens (tertiary/aromatic N) is 3. The summed E-state index contributed by atoms with van der Waals surface area (Å²) in [5.74, 6) is 2.71. The molecule has 0 bridgehead atoms. The first-order valence-electron chi connectivity index (χ1n) is 9.03. The van der Waals surface area contributed by atoms with Gasteiger partial charge >= 0.3 is 0 Å². The van der Waals surface area contributed by atoms with Gasteiger partial charge in [0.1, 0.15) is 11.6 Å². The molecule has 0 spiro atoms. The maximum Gasteiger partial charge on any atom is 0.259 e. The summed E-state index contributed by atoms with van der Waals surface area (Å²) in [6.45, 7) is 0. The summed E-state index contributed by atoms with van der Waals surface area (Å²) < 4.78 is 10.6. The zero-order chi connectivity index (χ0) is 17.8. The molecule has 6 nitrogen and oxygen atoms in total. The average molecular weight is 350 g/mol. The lowest BCUT2D eigenvalue weighted by atomic mass is 9.95.